The molecule has 0 rings (SSSR count). The van der Waals surface area contributed by atoms with Gasteiger partial charge in [-0.15, -0.1) is 0 Å². The fraction of sp³-hybridized carbons (Fsp3) is 0.857. The van der Waals surface area contributed by atoms with Crippen LogP contribution in [0.3, 0.4) is 0 Å². The second-order valence-corrected chi connectivity index (χ2v) is 5.07. The standard InChI is InChI=1S/2C5H11NO2.C4H12O2Si/c2*1-3-6(4-2)5(7)8;1-3-5-7-6-4-2/h2*3-4H2,1-2H3,(H,7,8);3-4,7H2,1-2H3. The Hall–Kier alpha value is -1.32. The summed E-state index contributed by atoms with van der Waals surface area (Å²) in [6, 6.07) is 0. The van der Waals surface area contributed by atoms with Crippen LogP contribution in [0.25, 0.3) is 0 Å². The first-order valence-electron chi connectivity index (χ1n) is 7.96. The topological polar surface area (TPSA) is 99.5 Å². The van der Waals surface area contributed by atoms with Crippen LogP contribution >= 0.6 is 0 Å². The molecule has 0 aromatic carbocycles. The van der Waals surface area contributed by atoms with E-state index < -0.39 is 22.2 Å². The van der Waals surface area contributed by atoms with Gasteiger partial charge in [-0.1, -0.05) is 0 Å². The highest BCUT2D eigenvalue weighted by Gasteiger charge is 2.03. The molecule has 0 saturated heterocycles. The highest BCUT2D eigenvalue weighted by atomic mass is 28.3. The molecule has 0 bridgehead atoms. The number of carbonyl (C=O) groups is 2. The van der Waals surface area contributed by atoms with Crippen molar-refractivity contribution in [3.63, 3.8) is 0 Å². The van der Waals surface area contributed by atoms with Crippen molar-refractivity contribution >= 4 is 22.2 Å². The highest BCUT2D eigenvalue weighted by Crippen LogP contribution is 1.85. The molecular formula is C14H34N2O6Si. The lowest BCUT2D eigenvalue weighted by molar-refractivity contribution is 0.149. The van der Waals surface area contributed by atoms with Crippen molar-refractivity contribution in [1.82, 2.24) is 9.80 Å². The Labute approximate surface area is 142 Å². The highest BCUT2D eigenvalue weighted by molar-refractivity contribution is 6.17. The van der Waals surface area contributed by atoms with Gasteiger partial charge in [0, 0.05) is 39.4 Å². The van der Waals surface area contributed by atoms with Gasteiger partial charge in [0.1, 0.15) is 0 Å². The van der Waals surface area contributed by atoms with Crippen molar-refractivity contribution in [2.24, 2.45) is 0 Å². The molecular weight excluding hydrogens is 320 g/mol. The van der Waals surface area contributed by atoms with Crippen LogP contribution in [0.5, 0.6) is 0 Å². The van der Waals surface area contributed by atoms with Gasteiger partial charge in [-0.2, -0.15) is 0 Å². The van der Waals surface area contributed by atoms with Crippen molar-refractivity contribution in [3.8, 4) is 0 Å². The second kappa shape index (κ2) is 20.7. The van der Waals surface area contributed by atoms with E-state index in [4.69, 9.17) is 19.1 Å². The fourth-order valence-corrected chi connectivity index (χ4v) is 1.67. The van der Waals surface area contributed by atoms with Crippen LogP contribution < -0.4 is 0 Å². The van der Waals surface area contributed by atoms with Crippen LogP contribution in [0, 0.1) is 0 Å². The van der Waals surface area contributed by atoms with E-state index in [0.717, 1.165) is 13.2 Å². The Morgan fingerprint density at radius 3 is 1.09 bits per heavy atom. The summed E-state index contributed by atoms with van der Waals surface area (Å²) in [5, 5.41) is 16.6. The maximum atomic E-state index is 10.1. The molecule has 0 aliphatic carbocycles. The number of hydrogen-bond donors (Lipinski definition) is 2. The Morgan fingerprint density at radius 1 is 0.739 bits per heavy atom. The van der Waals surface area contributed by atoms with E-state index in [-0.39, 0.29) is 0 Å². The van der Waals surface area contributed by atoms with Crippen LogP contribution in [0.2, 0.25) is 0 Å². The van der Waals surface area contributed by atoms with E-state index in [1.165, 1.54) is 9.80 Å². The van der Waals surface area contributed by atoms with Crippen LogP contribution in [-0.4, -0.2) is 81.6 Å². The van der Waals surface area contributed by atoms with Gasteiger partial charge in [0.05, 0.1) is 0 Å². The van der Waals surface area contributed by atoms with Gasteiger partial charge in [0.2, 0.25) is 0 Å². The molecule has 0 spiro atoms. The largest absolute Gasteiger partial charge is 0.465 e. The van der Waals surface area contributed by atoms with E-state index in [2.05, 4.69) is 0 Å². The monoisotopic (exact) mass is 354 g/mol. The van der Waals surface area contributed by atoms with E-state index in [9.17, 15) is 9.59 Å². The van der Waals surface area contributed by atoms with Gasteiger partial charge < -0.3 is 28.9 Å². The smallest absolute Gasteiger partial charge is 0.407 e. The molecule has 0 aromatic heterocycles. The van der Waals surface area contributed by atoms with Gasteiger partial charge in [0.15, 0.2) is 0 Å². The Bertz CT molecular complexity index is 248. The molecule has 140 valence electrons. The first kappa shape index (κ1) is 26.6. The molecule has 0 aliphatic heterocycles. The van der Waals surface area contributed by atoms with Gasteiger partial charge in [-0.05, 0) is 41.5 Å². The molecule has 2 amide bonds. The number of rotatable bonds is 8. The molecule has 0 aliphatic rings. The first-order chi connectivity index (χ1) is 10.9. The summed E-state index contributed by atoms with van der Waals surface area (Å²) in [6.07, 6.45) is -1.68. The summed E-state index contributed by atoms with van der Waals surface area (Å²) in [6.45, 7) is 15.1. The fourth-order valence-electron chi connectivity index (χ4n) is 1.21. The van der Waals surface area contributed by atoms with Crippen molar-refractivity contribution in [1.29, 1.82) is 0 Å². The molecule has 23 heavy (non-hydrogen) atoms. The molecule has 0 fully saturated rings. The summed E-state index contributed by atoms with van der Waals surface area (Å²) in [4.78, 5) is 22.8. The third kappa shape index (κ3) is 20.7. The first-order valence-corrected chi connectivity index (χ1v) is 9.12. The zero-order valence-electron chi connectivity index (χ0n) is 15.4. The lowest BCUT2D eigenvalue weighted by Crippen LogP contribution is -2.28. The Morgan fingerprint density at radius 2 is 1.00 bits per heavy atom. The average molecular weight is 355 g/mol. The number of amides is 2. The molecule has 0 atom stereocenters. The molecule has 2 N–H and O–H groups in total. The lowest BCUT2D eigenvalue weighted by atomic mass is 10.6. The second-order valence-electron chi connectivity index (χ2n) is 4.01. The predicted molar refractivity (Wildman–Crippen MR) is 93.7 cm³/mol. The van der Waals surface area contributed by atoms with Gasteiger partial charge in [-0.3, -0.25) is 0 Å². The third-order valence-electron chi connectivity index (χ3n) is 2.64. The van der Waals surface area contributed by atoms with Crippen LogP contribution in [0.4, 0.5) is 9.59 Å². The number of hydrogen-bond acceptors (Lipinski definition) is 4. The molecule has 0 radical (unpaired) electrons. The van der Waals surface area contributed by atoms with Crippen LogP contribution in [0.1, 0.15) is 41.5 Å². The number of carboxylic acid groups (broad SMARTS) is 2. The lowest BCUT2D eigenvalue weighted by Gasteiger charge is -2.12. The maximum Gasteiger partial charge on any atom is 0.407 e. The molecule has 9 heteroatoms. The normalized spacial score (nSPS) is 8.96. The molecule has 8 nitrogen and oxygen atoms in total. The quantitative estimate of drug-likeness (QED) is 0.511. The van der Waals surface area contributed by atoms with E-state index in [0.29, 0.717) is 26.2 Å². The van der Waals surface area contributed by atoms with Crippen LogP contribution in [-0.2, 0) is 8.85 Å². The minimum Gasteiger partial charge on any atom is -0.465 e. The van der Waals surface area contributed by atoms with Gasteiger partial charge in [-0.25, -0.2) is 9.59 Å². The number of nitrogens with zero attached hydrogens (tertiary/aromatic N) is 2. The van der Waals surface area contributed by atoms with Crippen LogP contribution in [0.15, 0.2) is 0 Å². The molecule has 0 heterocycles. The van der Waals surface area contributed by atoms with Gasteiger partial charge >= 0.3 is 22.2 Å². The minimum absolute atomic E-state index is 0.575. The summed E-state index contributed by atoms with van der Waals surface area (Å²) in [5.41, 5.74) is 0. The summed E-state index contributed by atoms with van der Waals surface area (Å²) in [7, 11) is -0.589. The van der Waals surface area contributed by atoms with Crippen molar-refractivity contribution < 1.29 is 28.7 Å². The Kier molecular flexibility index (Phi) is 23.9. The maximum absolute atomic E-state index is 10.1. The van der Waals surface area contributed by atoms with Crippen molar-refractivity contribution in [2.75, 3.05) is 39.4 Å². The van der Waals surface area contributed by atoms with E-state index in [1.807, 2.05) is 41.5 Å². The third-order valence-corrected chi connectivity index (χ3v) is 3.79. The predicted octanol–water partition coefficient (Wildman–Crippen LogP) is 2.07. The molecule has 0 unspecified atom stereocenters. The average Bonchev–Trinajstić information content (AvgIpc) is 2.51. The van der Waals surface area contributed by atoms with Crippen molar-refractivity contribution in [3.05, 3.63) is 0 Å². The van der Waals surface area contributed by atoms with E-state index in [1.54, 1.807) is 0 Å². The zero-order chi connectivity index (χ0) is 18.7. The van der Waals surface area contributed by atoms with Gasteiger partial charge in [0.25, 0.3) is 0 Å². The van der Waals surface area contributed by atoms with E-state index >= 15 is 0 Å². The summed E-state index contributed by atoms with van der Waals surface area (Å²) >= 11 is 0. The molecule has 0 aromatic rings. The Balaban J connectivity index is -0.000000262. The zero-order valence-corrected chi connectivity index (χ0v) is 16.8. The molecule has 0 saturated carbocycles. The minimum atomic E-state index is -0.838. The summed E-state index contributed by atoms with van der Waals surface area (Å²) in [5.74, 6) is 0. The SMILES string of the molecule is CCN(CC)C(=O)O.CCN(CC)C(=O)O.CCO[SiH2]OCC. The summed E-state index contributed by atoms with van der Waals surface area (Å²) < 4.78 is 9.98. The van der Waals surface area contributed by atoms with Crippen molar-refractivity contribution in [2.45, 2.75) is 41.5 Å².